The summed E-state index contributed by atoms with van der Waals surface area (Å²) in [6.45, 7) is 7.18. The van der Waals surface area contributed by atoms with E-state index in [-0.39, 0.29) is 17.9 Å². The molecule has 0 aliphatic carbocycles. The van der Waals surface area contributed by atoms with Gasteiger partial charge in [0.05, 0.1) is 12.0 Å². The standard InChI is InChI=1S/C22H31NO/c1-4-6-12-19(13-7-5-2)14-11-17-23-21(18(3)22(23)24)20-15-9-8-10-16-20/h8-12,14-16,18,21H,4-7,13,17H2,1-3H3. The van der Waals surface area contributed by atoms with Crippen molar-refractivity contribution in [3.8, 4) is 0 Å². The third-order valence-electron chi connectivity index (χ3n) is 4.77. The number of carbonyl (C=O) groups is 1. The maximum absolute atomic E-state index is 12.2. The third kappa shape index (κ3) is 4.59. The fourth-order valence-electron chi connectivity index (χ4n) is 3.33. The lowest BCUT2D eigenvalue weighted by molar-refractivity contribution is -0.154. The van der Waals surface area contributed by atoms with Gasteiger partial charge in [-0.05, 0) is 24.8 Å². The Morgan fingerprint density at radius 1 is 1.17 bits per heavy atom. The van der Waals surface area contributed by atoms with Crippen LogP contribution in [0.1, 0.15) is 64.5 Å². The Bertz CT molecular complexity index is 573. The summed E-state index contributed by atoms with van der Waals surface area (Å²) in [4.78, 5) is 14.2. The van der Waals surface area contributed by atoms with Gasteiger partial charge in [-0.3, -0.25) is 4.79 Å². The number of likely N-dealkylation sites (tertiary alicyclic amines) is 1. The summed E-state index contributed by atoms with van der Waals surface area (Å²) in [7, 11) is 0. The second-order valence-corrected chi connectivity index (χ2v) is 6.71. The molecule has 1 aromatic carbocycles. The molecule has 1 aliphatic heterocycles. The predicted octanol–water partition coefficient (Wildman–Crippen LogP) is 5.68. The fraction of sp³-hybridized carbons (Fsp3) is 0.500. The fourth-order valence-corrected chi connectivity index (χ4v) is 3.33. The summed E-state index contributed by atoms with van der Waals surface area (Å²) in [5, 5.41) is 0. The van der Waals surface area contributed by atoms with Gasteiger partial charge < -0.3 is 4.90 Å². The summed E-state index contributed by atoms with van der Waals surface area (Å²) in [5.74, 6) is 0.358. The van der Waals surface area contributed by atoms with Crippen LogP contribution in [-0.2, 0) is 4.79 Å². The molecule has 130 valence electrons. The molecule has 0 bridgehead atoms. The number of β-lactam (4-membered cyclic amide) rings is 1. The van der Waals surface area contributed by atoms with Crippen molar-refractivity contribution < 1.29 is 4.79 Å². The highest BCUT2D eigenvalue weighted by Crippen LogP contribution is 2.39. The van der Waals surface area contributed by atoms with E-state index < -0.39 is 0 Å². The van der Waals surface area contributed by atoms with E-state index >= 15 is 0 Å². The van der Waals surface area contributed by atoms with Gasteiger partial charge >= 0.3 is 0 Å². The molecule has 2 unspecified atom stereocenters. The highest BCUT2D eigenvalue weighted by atomic mass is 16.2. The number of unbranched alkanes of at least 4 members (excludes halogenated alkanes) is 2. The van der Waals surface area contributed by atoms with Crippen molar-refractivity contribution in [2.24, 2.45) is 5.92 Å². The van der Waals surface area contributed by atoms with Crippen LogP contribution in [0.15, 0.2) is 54.1 Å². The van der Waals surface area contributed by atoms with E-state index in [0.29, 0.717) is 6.54 Å². The van der Waals surface area contributed by atoms with Gasteiger partial charge in [0.1, 0.15) is 0 Å². The minimum atomic E-state index is 0.0935. The van der Waals surface area contributed by atoms with Crippen LogP contribution in [0.25, 0.3) is 0 Å². The van der Waals surface area contributed by atoms with Crippen LogP contribution in [0.2, 0.25) is 0 Å². The van der Waals surface area contributed by atoms with E-state index in [1.165, 1.54) is 30.4 Å². The summed E-state index contributed by atoms with van der Waals surface area (Å²) in [5.41, 5.74) is 2.65. The number of benzene rings is 1. The van der Waals surface area contributed by atoms with Crippen LogP contribution < -0.4 is 0 Å². The maximum atomic E-state index is 12.2. The minimum absolute atomic E-state index is 0.0935. The predicted molar refractivity (Wildman–Crippen MR) is 102 cm³/mol. The summed E-state index contributed by atoms with van der Waals surface area (Å²) in [6, 6.07) is 10.6. The number of hydrogen-bond acceptors (Lipinski definition) is 1. The van der Waals surface area contributed by atoms with Crippen molar-refractivity contribution in [1.29, 1.82) is 0 Å². The van der Waals surface area contributed by atoms with Gasteiger partial charge in [-0.2, -0.15) is 0 Å². The van der Waals surface area contributed by atoms with Gasteiger partial charge in [-0.15, -0.1) is 0 Å². The first-order valence-electron chi connectivity index (χ1n) is 9.40. The normalized spacial score (nSPS) is 21.4. The molecule has 1 fully saturated rings. The topological polar surface area (TPSA) is 20.3 Å². The van der Waals surface area contributed by atoms with Crippen molar-refractivity contribution in [2.45, 2.75) is 58.9 Å². The Hall–Kier alpha value is -1.83. The van der Waals surface area contributed by atoms with Gasteiger partial charge in [-0.1, -0.05) is 87.7 Å². The smallest absolute Gasteiger partial charge is 0.228 e. The first kappa shape index (κ1) is 18.5. The lowest BCUT2D eigenvalue weighted by Crippen LogP contribution is -2.53. The lowest BCUT2D eigenvalue weighted by atomic mass is 9.84. The van der Waals surface area contributed by atoms with Crippen LogP contribution in [0.5, 0.6) is 0 Å². The first-order chi connectivity index (χ1) is 11.7. The third-order valence-corrected chi connectivity index (χ3v) is 4.77. The minimum Gasteiger partial charge on any atom is -0.331 e. The number of hydrogen-bond donors (Lipinski definition) is 0. The van der Waals surface area contributed by atoms with Gasteiger partial charge in [0.25, 0.3) is 0 Å². The number of rotatable bonds is 9. The molecule has 1 amide bonds. The van der Waals surface area contributed by atoms with Gasteiger partial charge in [0, 0.05) is 6.54 Å². The molecule has 1 heterocycles. The van der Waals surface area contributed by atoms with Crippen molar-refractivity contribution in [3.05, 3.63) is 59.7 Å². The SMILES string of the molecule is CCCC=C(C=CCN1C(=O)C(C)C1c1ccccc1)CCCC. The summed E-state index contributed by atoms with van der Waals surface area (Å²) >= 11 is 0. The van der Waals surface area contributed by atoms with Gasteiger partial charge in [-0.25, -0.2) is 0 Å². The largest absolute Gasteiger partial charge is 0.331 e. The highest BCUT2D eigenvalue weighted by Gasteiger charge is 2.43. The molecule has 0 N–H and O–H groups in total. The molecular weight excluding hydrogens is 294 g/mol. The van der Waals surface area contributed by atoms with Crippen molar-refractivity contribution in [1.82, 2.24) is 4.90 Å². The van der Waals surface area contributed by atoms with Crippen LogP contribution in [0, 0.1) is 5.92 Å². The zero-order valence-electron chi connectivity index (χ0n) is 15.4. The molecule has 0 aromatic heterocycles. The average molecular weight is 325 g/mol. The number of nitrogens with zero attached hydrogens (tertiary/aromatic N) is 1. The Morgan fingerprint density at radius 2 is 1.92 bits per heavy atom. The van der Waals surface area contributed by atoms with Crippen molar-refractivity contribution >= 4 is 5.91 Å². The van der Waals surface area contributed by atoms with E-state index in [4.69, 9.17) is 0 Å². The Morgan fingerprint density at radius 3 is 2.58 bits per heavy atom. The monoisotopic (exact) mass is 325 g/mol. The van der Waals surface area contributed by atoms with Gasteiger partial charge in [0.15, 0.2) is 0 Å². The van der Waals surface area contributed by atoms with E-state index in [2.05, 4.69) is 56.3 Å². The molecule has 0 radical (unpaired) electrons. The summed E-state index contributed by atoms with van der Waals surface area (Å²) in [6.07, 6.45) is 12.6. The average Bonchev–Trinajstić information content (AvgIpc) is 2.62. The quantitative estimate of drug-likeness (QED) is 0.422. The molecule has 24 heavy (non-hydrogen) atoms. The second-order valence-electron chi connectivity index (χ2n) is 6.71. The van der Waals surface area contributed by atoms with Crippen LogP contribution in [0.3, 0.4) is 0 Å². The van der Waals surface area contributed by atoms with E-state index in [1.54, 1.807) is 0 Å². The molecule has 1 aliphatic rings. The van der Waals surface area contributed by atoms with Crippen molar-refractivity contribution in [3.63, 3.8) is 0 Å². The molecule has 2 heteroatoms. The van der Waals surface area contributed by atoms with Crippen LogP contribution in [0.4, 0.5) is 0 Å². The second kappa shape index (κ2) is 9.46. The maximum Gasteiger partial charge on any atom is 0.228 e. The Kier molecular flexibility index (Phi) is 7.30. The molecule has 1 saturated heterocycles. The Balaban J connectivity index is 1.99. The van der Waals surface area contributed by atoms with Crippen LogP contribution >= 0.6 is 0 Å². The highest BCUT2D eigenvalue weighted by molar-refractivity contribution is 5.86. The van der Waals surface area contributed by atoms with E-state index in [1.807, 2.05) is 17.9 Å². The molecule has 2 rings (SSSR count). The molecule has 0 saturated carbocycles. The van der Waals surface area contributed by atoms with Crippen molar-refractivity contribution in [2.75, 3.05) is 6.54 Å². The number of allylic oxidation sites excluding steroid dienone is 3. The molecule has 0 spiro atoms. The Labute approximate surface area is 147 Å². The van der Waals surface area contributed by atoms with E-state index in [0.717, 1.165) is 12.8 Å². The zero-order chi connectivity index (χ0) is 17.4. The molecule has 1 aromatic rings. The summed E-state index contributed by atoms with van der Waals surface area (Å²) < 4.78 is 0. The lowest BCUT2D eigenvalue weighted by Gasteiger charge is -2.45. The van der Waals surface area contributed by atoms with Crippen LogP contribution in [-0.4, -0.2) is 17.4 Å². The zero-order valence-corrected chi connectivity index (χ0v) is 15.4. The molecule has 2 nitrogen and oxygen atoms in total. The van der Waals surface area contributed by atoms with Gasteiger partial charge in [0.2, 0.25) is 5.91 Å². The molecular formula is C22H31NO. The number of carbonyl (C=O) groups excluding carboxylic acids is 1. The first-order valence-corrected chi connectivity index (χ1v) is 9.40. The number of amides is 1. The molecule has 2 atom stereocenters. The van der Waals surface area contributed by atoms with E-state index in [9.17, 15) is 4.79 Å².